The van der Waals surface area contributed by atoms with E-state index in [9.17, 15) is 13.2 Å². The van der Waals surface area contributed by atoms with E-state index in [0.29, 0.717) is 43.9 Å². The van der Waals surface area contributed by atoms with Crippen LogP contribution in [-0.4, -0.2) is 58.6 Å². The Labute approximate surface area is 218 Å². The second-order valence-corrected chi connectivity index (χ2v) is 10.8. The number of methoxy groups -OCH3 is 1. The number of fused-ring (bicyclic) bond motifs is 1. The van der Waals surface area contributed by atoms with Gasteiger partial charge in [0.15, 0.2) is 0 Å². The number of rotatable bonds is 5. The molecule has 36 heavy (non-hydrogen) atoms. The fourth-order valence-electron chi connectivity index (χ4n) is 5.03. The first-order chi connectivity index (χ1) is 16.9. The van der Waals surface area contributed by atoms with Gasteiger partial charge in [0.25, 0.3) is 15.9 Å². The van der Waals surface area contributed by atoms with Crippen LogP contribution in [0.1, 0.15) is 22.8 Å². The number of carbonyl (C=O) groups is 1. The molecule has 190 valence electrons. The van der Waals surface area contributed by atoms with Gasteiger partial charge in [-0.15, -0.1) is 0 Å². The topological polar surface area (TPSA) is 70.2 Å². The highest BCUT2D eigenvalue weighted by Gasteiger charge is 2.36. The van der Waals surface area contributed by atoms with Gasteiger partial charge in [0.1, 0.15) is 5.75 Å². The number of piperazine rings is 1. The first-order valence-electron chi connectivity index (χ1n) is 11.8. The Morgan fingerprint density at radius 2 is 1.56 bits per heavy atom. The summed E-state index contributed by atoms with van der Waals surface area (Å²) < 4.78 is 34.2. The molecule has 2 aliphatic rings. The van der Waals surface area contributed by atoms with Crippen molar-refractivity contribution in [1.82, 2.24) is 4.90 Å². The molecule has 3 aromatic carbocycles. The summed E-state index contributed by atoms with van der Waals surface area (Å²) in [6.07, 6.45) is 0.671. The molecule has 3 aromatic rings. The lowest BCUT2D eigenvalue weighted by atomic mass is 10.1. The Morgan fingerprint density at radius 1 is 0.889 bits per heavy atom. The van der Waals surface area contributed by atoms with E-state index >= 15 is 0 Å². The molecule has 1 amide bonds. The molecule has 1 fully saturated rings. The summed E-state index contributed by atoms with van der Waals surface area (Å²) in [4.78, 5) is 17.4. The monoisotopic (exact) mass is 526 g/mol. The molecule has 1 unspecified atom stereocenters. The molecule has 0 spiro atoms. The Balaban J connectivity index is 0.00000304. The number of carbonyl (C=O) groups excluding carboxylic acids is 1. The average Bonchev–Trinajstić information content (AvgIpc) is 3.24. The van der Waals surface area contributed by atoms with Crippen LogP contribution in [0, 0.1) is 0 Å². The van der Waals surface area contributed by atoms with E-state index in [-0.39, 0.29) is 29.3 Å². The summed E-state index contributed by atoms with van der Waals surface area (Å²) in [7, 11) is -2.15. The smallest absolute Gasteiger partial charge is 0.264 e. The molecule has 1 saturated heterocycles. The average molecular weight is 527 g/mol. The van der Waals surface area contributed by atoms with Crippen molar-refractivity contribution in [3.05, 3.63) is 83.9 Å². The van der Waals surface area contributed by atoms with E-state index in [2.05, 4.69) is 4.90 Å². The minimum atomic E-state index is -3.80. The van der Waals surface area contributed by atoms with Crippen LogP contribution in [0.15, 0.2) is 77.7 Å². The van der Waals surface area contributed by atoms with Gasteiger partial charge in [-0.3, -0.25) is 9.10 Å². The normalized spacial score (nSPS) is 17.4. The number of hydrogen-bond acceptors (Lipinski definition) is 5. The van der Waals surface area contributed by atoms with Crippen molar-refractivity contribution in [3.8, 4) is 5.75 Å². The van der Waals surface area contributed by atoms with Crippen LogP contribution in [-0.2, 0) is 16.4 Å². The summed E-state index contributed by atoms with van der Waals surface area (Å²) in [5.74, 6) is 0.652. The van der Waals surface area contributed by atoms with Crippen LogP contribution in [0.5, 0.6) is 5.75 Å². The number of halogens is 1. The Hall–Kier alpha value is -3.23. The van der Waals surface area contributed by atoms with Crippen molar-refractivity contribution in [2.45, 2.75) is 24.3 Å². The Morgan fingerprint density at radius 3 is 2.28 bits per heavy atom. The first kappa shape index (κ1) is 25.9. The van der Waals surface area contributed by atoms with Crippen molar-refractivity contribution >= 4 is 27.3 Å². The predicted octanol–water partition coefficient (Wildman–Crippen LogP) is 0.802. The Bertz CT molecular complexity index is 1360. The molecular formula is C27H29ClN3O4S-. The molecule has 0 radical (unpaired) electrons. The van der Waals surface area contributed by atoms with E-state index in [0.717, 1.165) is 17.0 Å². The maximum absolute atomic E-state index is 13.6. The molecule has 0 aliphatic carbocycles. The molecular weight excluding hydrogens is 498 g/mol. The largest absolute Gasteiger partial charge is 1.00 e. The summed E-state index contributed by atoms with van der Waals surface area (Å²) in [6, 6.07) is 21.7. The van der Waals surface area contributed by atoms with Gasteiger partial charge in [-0.2, -0.15) is 0 Å². The highest BCUT2D eigenvalue weighted by atomic mass is 35.5. The molecule has 1 atom stereocenters. The second-order valence-electron chi connectivity index (χ2n) is 8.96. The van der Waals surface area contributed by atoms with E-state index in [4.69, 9.17) is 4.74 Å². The van der Waals surface area contributed by atoms with E-state index in [1.807, 2.05) is 55.5 Å². The van der Waals surface area contributed by atoms with Gasteiger partial charge in [0.2, 0.25) is 0 Å². The molecule has 2 heterocycles. The van der Waals surface area contributed by atoms with Crippen LogP contribution in [0.3, 0.4) is 0 Å². The van der Waals surface area contributed by atoms with Gasteiger partial charge in [0, 0.05) is 37.8 Å². The van der Waals surface area contributed by atoms with E-state index in [1.165, 1.54) is 10.4 Å². The fraction of sp³-hybridized carbons (Fsp3) is 0.296. The minimum Gasteiger partial charge on any atom is -1.00 e. The van der Waals surface area contributed by atoms with Crippen LogP contribution < -0.4 is 26.3 Å². The van der Waals surface area contributed by atoms with Crippen molar-refractivity contribution in [2.24, 2.45) is 0 Å². The third-order valence-electron chi connectivity index (χ3n) is 6.78. The van der Waals surface area contributed by atoms with Gasteiger partial charge < -0.3 is 26.9 Å². The zero-order valence-corrected chi connectivity index (χ0v) is 21.9. The van der Waals surface area contributed by atoms with Crippen molar-refractivity contribution in [3.63, 3.8) is 0 Å². The SMILES string of the molecule is COc1ccccc1N1CCN(C(=O)c2cccc(S(=O)(=O)N3c4ccccc4CC3C)c2)CC1.[Cl-]. The Kier molecular flexibility index (Phi) is 7.47. The van der Waals surface area contributed by atoms with Gasteiger partial charge in [0.05, 0.1) is 23.4 Å². The van der Waals surface area contributed by atoms with Gasteiger partial charge >= 0.3 is 0 Å². The summed E-state index contributed by atoms with van der Waals surface area (Å²) >= 11 is 0. The summed E-state index contributed by atoms with van der Waals surface area (Å²) in [6.45, 7) is 4.35. The maximum atomic E-state index is 13.6. The standard InChI is InChI=1S/C27H29N3O4S.ClH/c1-20-18-21-8-3-4-11-24(21)30(20)35(32,33)23-10-7-9-22(19-23)27(31)29-16-14-28(15-17-29)25-12-5-6-13-26(25)34-2;/h3-13,19-20H,14-18H2,1-2H3;1H/p-1. The van der Waals surface area contributed by atoms with Crippen molar-refractivity contribution in [1.29, 1.82) is 0 Å². The fourth-order valence-corrected chi connectivity index (χ4v) is 6.77. The second kappa shape index (κ2) is 10.4. The third-order valence-corrected chi connectivity index (χ3v) is 8.70. The summed E-state index contributed by atoms with van der Waals surface area (Å²) in [5, 5.41) is 0. The number of anilines is 2. The first-order valence-corrected chi connectivity index (χ1v) is 13.2. The molecule has 0 bridgehead atoms. The third kappa shape index (κ3) is 4.63. The van der Waals surface area contributed by atoms with Gasteiger partial charge in [-0.1, -0.05) is 36.4 Å². The number of benzene rings is 3. The predicted molar refractivity (Wildman–Crippen MR) is 137 cm³/mol. The number of para-hydroxylation sites is 3. The number of nitrogens with zero attached hydrogens (tertiary/aromatic N) is 3. The van der Waals surface area contributed by atoms with E-state index < -0.39 is 10.0 Å². The van der Waals surface area contributed by atoms with Crippen LogP contribution >= 0.6 is 0 Å². The number of amides is 1. The molecule has 9 heteroatoms. The highest BCUT2D eigenvalue weighted by molar-refractivity contribution is 7.92. The quantitative estimate of drug-likeness (QED) is 0.492. The van der Waals surface area contributed by atoms with E-state index in [1.54, 1.807) is 30.2 Å². The van der Waals surface area contributed by atoms with Gasteiger partial charge in [-0.05, 0) is 55.3 Å². The lowest BCUT2D eigenvalue weighted by molar-refractivity contribution is -0.0000196. The lowest BCUT2D eigenvalue weighted by Gasteiger charge is -2.36. The number of hydrogen-bond donors (Lipinski definition) is 0. The van der Waals surface area contributed by atoms with Crippen LogP contribution in [0.4, 0.5) is 11.4 Å². The molecule has 7 nitrogen and oxygen atoms in total. The summed E-state index contributed by atoms with van der Waals surface area (Å²) in [5.41, 5.74) is 3.13. The zero-order valence-electron chi connectivity index (χ0n) is 20.3. The van der Waals surface area contributed by atoms with Crippen LogP contribution in [0.25, 0.3) is 0 Å². The molecule has 5 rings (SSSR count). The number of sulfonamides is 1. The van der Waals surface area contributed by atoms with Crippen molar-refractivity contribution in [2.75, 3.05) is 42.5 Å². The number of ether oxygens (including phenoxy) is 1. The van der Waals surface area contributed by atoms with Crippen molar-refractivity contribution < 1.29 is 30.4 Å². The van der Waals surface area contributed by atoms with Gasteiger partial charge in [-0.25, -0.2) is 8.42 Å². The van der Waals surface area contributed by atoms with Crippen LogP contribution in [0.2, 0.25) is 0 Å². The lowest BCUT2D eigenvalue weighted by Crippen LogP contribution is -3.00. The molecule has 0 aromatic heterocycles. The zero-order chi connectivity index (χ0) is 24.6. The molecule has 2 aliphatic heterocycles. The maximum Gasteiger partial charge on any atom is 0.264 e. The molecule has 0 saturated carbocycles. The molecule has 0 N–H and O–H groups in total. The highest BCUT2D eigenvalue weighted by Crippen LogP contribution is 2.36. The minimum absolute atomic E-state index is 0.